The van der Waals surface area contributed by atoms with Gasteiger partial charge in [-0.2, -0.15) is 0 Å². The maximum atomic E-state index is 15.4. The Balaban J connectivity index is 1.21. The first-order chi connectivity index (χ1) is 22.8. The number of aromatic nitrogens is 3. The van der Waals surface area contributed by atoms with Crippen LogP contribution in [0.2, 0.25) is 0 Å². The van der Waals surface area contributed by atoms with Crippen LogP contribution in [0.3, 0.4) is 0 Å². The van der Waals surface area contributed by atoms with Crippen molar-refractivity contribution in [3.8, 4) is 27.7 Å². The average molecular weight is 659 g/mol. The number of methoxy groups -OCH3 is 1. The summed E-state index contributed by atoms with van der Waals surface area (Å²) in [6.07, 6.45) is 4.85. The molecule has 1 atom stereocenters. The maximum absolute atomic E-state index is 15.4. The summed E-state index contributed by atoms with van der Waals surface area (Å²) in [6.45, 7) is 4.19. The van der Waals surface area contributed by atoms with Gasteiger partial charge in [-0.15, -0.1) is 11.3 Å². The second-order valence-electron chi connectivity index (χ2n) is 10.7. The van der Waals surface area contributed by atoms with Crippen LogP contribution < -0.4 is 26.2 Å². The van der Waals surface area contributed by atoms with Crippen LogP contribution in [0.1, 0.15) is 11.5 Å². The van der Waals surface area contributed by atoms with Crippen LogP contribution in [0.5, 0.6) is 17.2 Å². The van der Waals surface area contributed by atoms with Crippen LogP contribution in [-0.2, 0) is 20.9 Å². The molecular weight excluding hydrogens is 627 g/mol. The van der Waals surface area contributed by atoms with E-state index in [0.717, 1.165) is 29.6 Å². The normalized spacial score (nSPS) is 14.1. The molecule has 0 radical (unpaired) electrons. The standard InChI is InChI=1S/C33H31FN6O6S/c1-44-26-5-3-2-4-23(26)38-32(42)29(31(35)41)20-6-7-25(22(34)16-20)46-27-8-9-36-24-17-28(47-30(24)27)21-18-37-33(43)40(19-21)11-10-39-12-14-45-15-13-39/h2-9,16-19,29H,10-15H2,1H3,(H2,35,41)(H,38,42). The number of nitrogens with one attached hydrogen (secondary N) is 1. The number of benzene rings is 2. The van der Waals surface area contributed by atoms with E-state index >= 15 is 4.39 Å². The second-order valence-corrected chi connectivity index (χ2v) is 11.8. The van der Waals surface area contributed by atoms with E-state index in [0.29, 0.717) is 53.7 Å². The highest BCUT2D eigenvalue weighted by Gasteiger charge is 2.28. The SMILES string of the molecule is COc1ccccc1NC(=O)C(C(N)=O)c1ccc(Oc2ccnc3cc(-c4cnc(=O)n(CCN5CCOCC5)c4)sc23)c(F)c1. The van der Waals surface area contributed by atoms with Gasteiger partial charge in [-0.05, 0) is 35.9 Å². The Morgan fingerprint density at radius 3 is 2.64 bits per heavy atom. The highest BCUT2D eigenvalue weighted by Crippen LogP contribution is 2.39. The minimum Gasteiger partial charge on any atom is -0.495 e. The van der Waals surface area contributed by atoms with Crippen LogP contribution in [0.25, 0.3) is 20.7 Å². The number of amides is 2. The molecule has 242 valence electrons. The fraction of sp³-hybridized carbons (Fsp3) is 0.242. The fourth-order valence-corrected chi connectivity index (χ4v) is 6.29. The number of hydrogen-bond acceptors (Lipinski definition) is 10. The quantitative estimate of drug-likeness (QED) is 0.201. The Kier molecular flexibility index (Phi) is 9.52. The molecule has 3 aromatic heterocycles. The molecule has 3 N–H and O–H groups in total. The van der Waals surface area contributed by atoms with Crippen LogP contribution in [0.4, 0.5) is 10.1 Å². The van der Waals surface area contributed by atoms with Gasteiger partial charge in [0.05, 0.1) is 36.2 Å². The number of hydrogen-bond donors (Lipinski definition) is 2. The van der Waals surface area contributed by atoms with Gasteiger partial charge in [-0.25, -0.2) is 14.2 Å². The first kappa shape index (κ1) is 31.8. The predicted molar refractivity (Wildman–Crippen MR) is 174 cm³/mol. The summed E-state index contributed by atoms with van der Waals surface area (Å²) >= 11 is 1.37. The van der Waals surface area contributed by atoms with E-state index in [1.54, 1.807) is 47.3 Å². The first-order valence-electron chi connectivity index (χ1n) is 14.8. The van der Waals surface area contributed by atoms with Crippen molar-refractivity contribution in [1.29, 1.82) is 0 Å². The first-order valence-corrected chi connectivity index (χ1v) is 15.6. The van der Waals surface area contributed by atoms with Crippen molar-refractivity contribution >= 4 is 39.1 Å². The fourth-order valence-electron chi connectivity index (χ4n) is 5.25. The molecule has 1 saturated heterocycles. The van der Waals surface area contributed by atoms with Gasteiger partial charge in [0.1, 0.15) is 17.4 Å². The molecule has 12 nitrogen and oxygen atoms in total. The molecule has 14 heteroatoms. The summed E-state index contributed by atoms with van der Waals surface area (Å²) in [5.41, 5.74) is 6.99. The molecule has 4 heterocycles. The number of morpholine rings is 1. The molecule has 1 aliphatic heterocycles. The number of nitrogens with two attached hydrogens (primary N) is 1. The lowest BCUT2D eigenvalue weighted by Crippen LogP contribution is -2.39. The Hall–Kier alpha value is -5.18. The molecule has 6 rings (SSSR count). The number of pyridine rings is 1. The summed E-state index contributed by atoms with van der Waals surface area (Å²) in [5, 5.41) is 2.63. The molecule has 47 heavy (non-hydrogen) atoms. The highest BCUT2D eigenvalue weighted by molar-refractivity contribution is 7.22. The van der Waals surface area contributed by atoms with Gasteiger partial charge in [0, 0.05) is 61.3 Å². The van der Waals surface area contributed by atoms with Gasteiger partial charge in [-0.3, -0.25) is 24.0 Å². The molecule has 1 fully saturated rings. The van der Waals surface area contributed by atoms with Crippen molar-refractivity contribution in [2.75, 3.05) is 45.3 Å². The van der Waals surface area contributed by atoms with Gasteiger partial charge < -0.3 is 25.3 Å². The van der Waals surface area contributed by atoms with E-state index in [1.807, 2.05) is 6.07 Å². The van der Waals surface area contributed by atoms with E-state index in [1.165, 1.54) is 36.8 Å². The summed E-state index contributed by atoms with van der Waals surface area (Å²) in [6, 6.07) is 14.0. The van der Waals surface area contributed by atoms with Crippen molar-refractivity contribution in [3.05, 3.63) is 95.1 Å². The van der Waals surface area contributed by atoms with E-state index in [4.69, 9.17) is 19.9 Å². The number of carbonyl (C=O) groups is 2. The van der Waals surface area contributed by atoms with E-state index in [-0.39, 0.29) is 17.0 Å². The number of carbonyl (C=O) groups excluding carboxylic acids is 2. The number of ether oxygens (including phenoxy) is 3. The largest absolute Gasteiger partial charge is 0.495 e. The van der Waals surface area contributed by atoms with E-state index in [2.05, 4.69) is 20.2 Å². The van der Waals surface area contributed by atoms with Gasteiger partial charge >= 0.3 is 5.69 Å². The zero-order valence-electron chi connectivity index (χ0n) is 25.4. The average Bonchev–Trinajstić information content (AvgIpc) is 3.52. The summed E-state index contributed by atoms with van der Waals surface area (Å²) < 4.78 is 34.3. The van der Waals surface area contributed by atoms with Crippen molar-refractivity contribution in [2.45, 2.75) is 12.5 Å². The summed E-state index contributed by atoms with van der Waals surface area (Å²) in [5.74, 6) is -3.33. The number of rotatable bonds is 11. The molecule has 0 saturated carbocycles. The molecule has 1 aliphatic rings. The van der Waals surface area contributed by atoms with E-state index < -0.39 is 23.5 Å². The minimum absolute atomic E-state index is 0.0595. The number of primary amides is 1. The molecule has 5 aromatic rings. The summed E-state index contributed by atoms with van der Waals surface area (Å²) in [7, 11) is 1.45. The van der Waals surface area contributed by atoms with Gasteiger partial charge in [0.25, 0.3) is 0 Å². The third-order valence-electron chi connectivity index (χ3n) is 7.70. The number of anilines is 1. The number of halogens is 1. The van der Waals surface area contributed by atoms with Crippen LogP contribution in [0.15, 0.2) is 78.0 Å². The highest BCUT2D eigenvalue weighted by atomic mass is 32.1. The van der Waals surface area contributed by atoms with Crippen LogP contribution >= 0.6 is 11.3 Å². The third kappa shape index (κ3) is 7.14. The van der Waals surface area contributed by atoms with Crippen molar-refractivity contribution in [3.63, 3.8) is 0 Å². The molecular formula is C33H31FN6O6S. The van der Waals surface area contributed by atoms with Gasteiger partial charge in [-0.1, -0.05) is 18.2 Å². The van der Waals surface area contributed by atoms with Crippen molar-refractivity contribution < 1.29 is 28.2 Å². The number of fused-ring (bicyclic) bond motifs is 1. The summed E-state index contributed by atoms with van der Waals surface area (Å²) in [4.78, 5) is 49.4. The zero-order chi connectivity index (χ0) is 32.9. The Morgan fingerprint density at radius 2 is 1.87 bits per heavy atom. The molecule has 0 bridgehead atoms. The molecule has 2 aromatic carbocycles. The molecule has 0 aliphatic carbocycles. The Morgan fingerprint density at radius 1 is 1.06 bits per heavy atom. The van der Waals surface area contributed by atoms with Crippen molar-refractivity contribution in [1.82, 2.24) is 19.4 Å². The Bertz CT molecular complexity index is 1990. The molecule has 2 amide bonds. The number of nitrogens with zero attached hydrogens (tertiary/aromatic N) is 4. The smallest absolute Gasteiger partial charge is 0.347 e. The minimum atomic E-state index is -1.47. The monoisotopic (exact) mass is 658 g/mol. The van der Waals surface area contributed by atoms with Gasteiger partial charge in [0.2, 0.25) is 11.8 Å². The molecule has 1 unspecified atom stereocenters. The lowest BCUT2D eigenvalue weighted by atomic mass is 9.97. The lowest BCUT2D eigenvalue weighted by molar-refractivity contribution is -0.127. The van der Waals surface area contributed by atoms with Crippen molar-refractivity contribution in [2.24, 2.45) is 5.73 Å². The van der Waals surface area contributed by atoms with Gasteiger partial charge in [0.15, 0.2) is 11.6 Å². The van der Waals surface area contributed by atoms with E-state index in [9.17, 15) is 14.4 Å². The van der Waals surface area contributed by atoms with Crippen LogP contribution in [-0.4, -0.2) is 71.2 Å². The maximum Gasteiger partial charge on any atom is 0.347 e. The van der Waals surface area contributed by atoms with Crippen LogP contribution in [0, 0.1) is 5.82 Å². The third-order valence-corrected chi connectivity index (χ3v) is 8.88. The number of para-hydroxylation sites is 2. The molecule has 0 spiro atoms. The lowest BCUT2D eigenvalue weighted by Gasteiger charge is -2.26. The topological polar surface area (TPSA) is 151 Å². The predicted octanol–water partition coefficient (Wildman–Crippen LogP) is 4.00. The zero-order valence-corrected chi connectivity index (χ0v) is 26.2. The Labute approximate surface area is 272 Å². The number of thiophene rings is 1. The second kappa shape index (κ2) is 14.1.